The molecule has 0 atom stereocenters. The summed E-state index contributed by atoms with van der Waals surface area (Å²) in [5.41, 5.74) is 3.66. The number of carbonyl (C=O) groups is 1. The normalized spacial score (nSPS) is 10.8. The fraction of sp³-hybridized carbons (Fsp3) is 0.105. The monoisotopic (exact) mass is 348 g/mol. The van der Waals surface area contributed by atoms with Gasteiger partial charge in [0.1, 0.15) is 17.3 Å². The van der Waals surface area contributed by atoms with E-state index in [1.54, 1.807) is 36.2 Å². The van der Waals surface area contributed by atoms with Crippen LogP contribution in [0.2, 0.25) is 0 Å². The minimum absolute atomic E-state index is 0.382. The number of esters is 1. The topological polar surface area (TPSA) is 82.0 Å². The smallest absolute Gasteiger partial charge is 0.337 e. The molecule has 2 aromatic carbocycles. The van der Waals surface area contributed by atoms with Crippen LogP contribution in [0.5, 0.6) is 5.75 Å². The van der Waals surface area contributed by atoms with Crippen molar-refractivity contribution >= 4 is 17.0 Å². The molecule has 4 aromatic rings. The zero-order valence-corrected chi connectivity index (χ0v) is 14.3. The third-order valence-electron chi connectivity index (χ3n) is 4.09. The minimum Gasteiger partial charge on any atom is -0.494 e. The molecule has 1 N–H and O–H groups in total. The second kappa shape index (κ2) is 6.36. The van der Waals surface area contributed by atoms with Crippen LogP contribution in [0, 0.1) is 0 Å². The predicted octanol–water partition coefficient (Wildman–Crippen LogP) is 3.21. The number of H-pyrrole nitrogens is 1. The summed E-state index contributed by atoms with van der Waals surface area (Å²) in [5, 5.41) is 4.40. The molecule has 7 nitrogen and oxygen atoms in total. The molecule has 2 aromatic heterocycles. The number of fused-ring (bicyclic) bond motifs is 1. The lowest BCUT2D eigenvalue weighted by molar-refractivity contribution is 0.0601. The molecule has 0 saturated carbocycles. The molecule has 0 radical (unpaired) electrons. The Morgan fingerprint density at radius 1 is 1.15 bits per heavy atom. The number of carbonyl (C=O) groups excluding carboxylic acids is 1. The number of aromatic nitrogens is 4. The zero-order chi connectivity index (χ0) is 18.1. The van der Waals surface area contributed by atoms with Gasteiger partial charge in [0.2, 0.25) is 0 Å². The van der Waals surface area contributed by atoms with E-state index in [2.05, 4.69) is 15.1 Å². The van der Waals surface area contributed by atoms with Gasteiger partial charge in [0.05, 0.1) is 42.6 Å². The molecule has 4 rings (SSSR count). The lowest BCUT2D eigenvalue weighted by Gasteiger charge is -2.07. The van der Waals surface area contributed by atoms with E-state index in [4.69, 9.17) is 9.47 Å². The molecule has 7 heteroatoms. The van der Waals surface area contributed by atoms with Gasteiger partial charge in [-0.25, -0.2) is 14.5 Å². The molecule has 2 heterocycles. The Bertz CT molecular complexity index is 1100. The number of nitrogens with zero attached hydrogens (tertiary/aromatic N) is 3. The number of methoxy groups -OCH3 is 2. The maximum Gasteiger partial charge on any atom is 0.337 e. The van der Waals surface area contributed by atoms with Crippen LogP contribution in [0.3, 0.4) is 0 Å². The number of imidazole rings is 1. The lowest BCUT2D eigenvalue weighted by atomic mass is 10.2. The van der Waals surface area contributed by atoms with Gasteiger partial charge in [-0.2, -0.15) is 5.10 Å². The molecular formula is C19H16N4O3. The van der Waals surface area contributed by atoms with E-state index < -0.39 is 0 Å². The van der Waals surface area contributed by atoms with Crippen LogP contribution >= 0.6 is 0 Å². The van der Waals surface area contributed by atoms with E-state index in [0.29, 0.717) is 11.4 Å². The molecule has 0 bridgehead atoms. The van der Waals surface area contributed by atoms with Crippen LogP contribution in [0.25, 0.3) is 28.1 Å². The molecule has 0 aliphatic heterocycles. The SMILES string of the molecule is COC(=O)c1ccc2nc(-c3cnn(-c4ccccc4OC)c3)[nH]c2c1. The van der Waals surface area contributed by atoms with E-state index in [1.165, 1.54) is 7.11 Å². The van der Waals surface area contributed by atoms with Crippen molar-refractivity contribution in [1.82, 2.24) is 19.7 Å². The van der Waals surface area contributed by atoms with Crippen molar-refractivity contribution in [2.24, 2.45) is 0 Å². The highest BCUT2D eigenvalue weighted by atomic mass is 16.5. The minimum atomic E-state index is -0.382. The summed E-state index contributed by atoms with van der Waals surface area (Å²) >= 11 is 0. The summed E-state index contributed by atoms with van der Waals surface area (Å²) < 4.78 is 11.9. The van der Waals surface area contributed by atoms with Crippen molar-refractivity contribution in [3.05, 3.63) is 60.4 Å². The molecule has 0 saturated heterocycles. The fourth-order valence-corrected chi connectivity index (χ4v) is 2.79. The van der Waals surface area contributed by atoms with E-state index in [0.717, 1.165) is 28.0 Å². The third-order valence-corrected chi connectivity index (χ3v) is 4.09. The summed E-state index contributed by atoms with van der Waals surface area (Å²) in [7, 11) is 2.98. The summed E-state index contributed by atoms with van der Waals surface area (Å²) in [4.78, 5) is 19.5. The molecule has 0 unspecified atom stereocenters. The second-order valence-corrected chi connectivity index (χ2v) is 5.65. The van der Waals surface area contributed by atoms with Crippen LogP contribution in [-0.4, -0.2) is 39.9 Å². The van der Waals surface area contributed by atoms with Crippen LogP contribution in [0.15, 0.2) is 54.9 Å². The molecule has 0 fully saturated rings. The first kappa shape index (κ1) is 15.9. The predicted molar refractivity (Wildman–Crippen MR) is 96.5 cm³/mol. The summed E-state index contributed by atoms with van der Waals surface area (Å²) in [5.74, 6) is 1.02. The number of ether oxygens (including phenoxy) is 2. The maximum absolute atomic E-state index is 11.7. The van der Waals surface area contributed by atoms with Crippen molar-refractivity contribution < 1.29 is 14.3 Å². The van der Waals surface area contributed by atoms with Gasteiger partial charge in [0.25, 0.3) is 0 Å². The first-order chi connectivity index (χ1) is 12.7. The number of hydrogen-bond donors (Lipinski definition) is 1. The number of benzene rings is 2. The van der Waals surface area contributed by atoms with Crippen molar-refractivity contribution in [3.8, 4) is 22.8 Å². The van der Waals surface area contributed by atoms with Gasteiger partial charge in [-0.1, -0.05) is 12.1 Å². The van der Waals surface area contributed by atoms with E-state index >= 15 is 0 Å². The standard InChI is InChI=1S/C19H16N4O3/c1-25-17-6-4-3-5-16(17)23-11-13(10-20-23)18-21-14-8-7-12(19(24)26-2)9-15(14)22-18/h3-11H,1-2H3,(H,21,22). The highest BCUT2D eigenvalue weighted by molar-refractivity contribution is 5.94. The zero-order valence-electron chi connectivity index (χ0n) is 14.3. The maximum atomic E-state index is 11.7. The Hall–Kier alpha value is -3.61. The van der Waals surface area contributed by atoms with Crippen molar-refractivity contribution in [2.45, 2.75) is 0 Å². The van der Waals surface area contributed by atoms with E-state index in [1.807, 2.05) is 30.5 Å². The molecule has 0 amide bonds. The summed E-state index contributed by atoms with van der Waals surface area (Å²) in [6, 6.07) is 12.8. The molecule has 0 aliphatic carbocycles. The number of para-hydroxylation sites is 2. The van der Waals surface area contributed by atoms with Crippen molar-refractivity contribution in [1.29, 1.82) is 0 Å². The summed E-state index contributed by atoms with van der Waals surface area (Å²) in [6.07, 6.45) is 3.60. The quantitative estimate of drug-likeness (QED) is 0.573. The highest BCUT2D eigenvalue weighted by Gasteiger charge is 2.12. The Labute approximate surface area is 149 Å². The van der Waals surface area contributed by atoms with Crippen molar-refractivity contribution in [3.63, 3.8) is 0 Å². The van der Waals surface area contributed by atoms with Gasteiger partial charge in [-0.15, -0.1) is 0 Å². The number of hydrogen-bond acceptors (Lipinski definition) is 5. The van der Waals surface area contributed by atoms with Crippen LogP contribution in [0.1, 0.15) is 10.4 Å². The third kappa shape index (κ3) is 2.69. The van der Waals surface area contributed by atoms with Gasteiger partial charge in [0, 0.05) is 6.20 Å². The Morgan fingerprint density at radius 3 is 2.81 bits per heavy atom. The average Bonchev–Trinajstić information content (AvgIpc) is 3.33. The number of aromatic amines is 1. The lowest BCUT2D eigenvalue weighted by Crippen LogP contribution is -2.00. The number of nitrogens with one attached hydrogen (secondary N) is 1. The van der Waals surface area contributed by atoms with Gasteiger partial charge in [-0.05, 0) is 30.3 Å². The first-order valence-corrected chi connectivity index (χ1v) is 7.96. The van der Waals surface area contributed by atoms with Gasteiger partial charge < -0.3 is 14.5 Å². The number of rotatable bonds is 4. The second-order valence-electron chi connectivity index (χ2n) is 5.65. The highest BCUT2D eigenvalue weighted by Crippen LogP contribution is 2.25. The van der Waals surface area contributed by atoms with Crippen LogP contribution < -0.4 is 4.74 Å². The Kier molecular flexibility index (Phi) is 3.89. The van der Waals surface area contributed by atoms with Gasteiger partial charge in [0.15, 0.2) is 0 Å². The van der Waals surface area contributed by atoms with Crippen LogP contribution in [-0.2, 0) is 4.74 Å². The van der Waals surface area contributed by atoms with Gasteiger partial charge >= 0.3 is 5.97 Å². The fourth-order valence-electron chi connectivity index (χ4n) is 2.79. The molecule has 130 valence electrons. The largest absolute Gasteiger partial charge is 0.494 e. The molecule has 26 heavy (non-hydrogen) atoms. The van der Waals surface area contributed by atoms with Gasteiger partial charge in [-0.3, -0.25) is 0 Å². The molecule has 0 aliphatic rings. The van der Waals surface area contributed by atoms with Crippen molar-refractivity contribution in [2.75, 3.05) is 14.2 Å². The molecule has 0 spiro atoms. The average molecular weight is 348 g/mol. The summed E-state index contributed by atoms with van der Waals surface area (Å²) in [6.45, 7) is 0. The molecular weight excluding hydrogens is 332 g/mol. The van der Waals surface area contributed by atoms with E-state index in [-0.39, 0.29) is 5.97 Å². The first-order valence-electron chi connectivity index (χ1n) is 7.96. The van der Waals surface area contributed by atoms with E-state index in [9.17, 15) is 4.79 Å². The Morgan fingerprint density at radius 2 is 2.00 bits per heavy atom. The Balaban J connectivity index is 1.72. The van der Waals surface area contributed by atoms with Crippen LogP contribution in [0.4, 0.5) is 0 Å².